The lowest BCUT2D eigenvalue weighted by Crippen LogP contribution is -2.29. The topological polar surface area (TPSA) is 131 Å². The molecule has 0 radical (unpaired) electrons. The molecule has 0 spiro atoms. The molecule has 3 rings (SSSR count). The first-order chi connectivity index (χ1) is 14.2. The molecule has 2 heterocycles. The molecule has 10 heteroatoms. The lowest BCUT2D eigenvalue weighted by Gasteiger charge is -2.18. The lowest BCUT2D eigenvalue weighted by molar-refractivity contribution is 0.379. The molecule has 0 saturated carbocycles. The highest BCUT2D eigenvalue weighted by atomic mass is 32.2. The summed E-state index contributed by atoms with van der Waals surface area (Å²) >= 11 is 0. The number of sulfone groups is 1. The van der Waals surface area contributed by atoms with Gasteiger partial charge in [-0.2, -0.15) is 5.26 Å². The van der Waals surface area contributed by atoms with Gasteiger partial charge >= 0.3 is 0 Å². The van der Waals surface area contributed by atoms with Crippen molar-refractivity contribution in [1.29, 1.82) is 5.26 Å². The van der Waals surface area contributed by atoms with Gasteiger partial charge in [0.05, 0.1) is 37.3 Å². The van der Waals surface area contributed by atoms with Gasteiger partial charge in [0.15, 0.2) is 9.84 Å². The van der Waals surface area contributed by atoms with Crippen molar-refractivity contribution in [2.24, 2.45) is 4.99 Å². The van der Waals surface area contributed by atoms with Crippen LogP contribution < -0.4 is 15.0 Å². The van der Waals surface area contributed by atoms with E-state index in [0.29, 0.717) is 17.2 Å². The largest absolute Gasteiger partial charge is 0.497 e. The Bertz CT molecular complexity index is 1220. The Hall–Kier alpha value is -3.32. The zero-order valence-corrected chi connectivity index (χ0v) is 17.6. The van der Waals surface area contributed by atoms with Crippen molar-refractivity contribution in [3.63, 3.8) is 0 Å². The molecule has 158 valence electrons. The third-order valence-corrected chi connectivity index (χ3v) is 6.84. The van der Waals surface area contributed by atoms with Crippen LogP contribution in [0.15, 0.2) is 28.0 Å². The molecule has 1 fully saturated rings. The number of hydrogen-bond donors (Lipinski definition) is 1. The van der Waals surface area contributed by atoms with Gasteiger partial charge in [-0.3, -0.25) is 14.4 Å². The van der Waals surface area contributed by atoms with Crippen LogP contribution in [-0.2, 0) is 9.84 Å². The van der Waals surface area contributed by atoms with Gasteiger partial charge in [-0.05, 0) is 31.0 Å². The van der Waals surface area contributed by atoms with Crippen molar-refractivity contribution < 1.29 is 23.0 Å². The normalized spacial score (nSPS) is 17.7. The van der Waals surface area contributed by atoms with Gasteiger partial charge in [0.1, 0.15) is 28.8 Å². The van der Waals surface area contributed by atoms with E-state index in [0.717, 1.165) is 4.57 Å². The SMILES string of the molecule is COc1ccc(N=Cc2c(C)c(C#N)c(=O)n([C@H]3CCS(=O)(=O)C3)c2O)c(OC)c1. The number of aromatic hydroxyl groups is 1. The third-order valence-electron chi connectivity index (χ3n) is 5.09. The van der Waals surface area contributed by atoms with Gasteiger partial charge in [0.2, 0.25) is 5.88 Å². The highest BCUT2D eigenvalue weighted by molar-refractivity contribution is 7.91. The quantitative estimate of drug-likeness (QED) is 0.715. The van der Waals surface area contributed by atoms with Crippen LogP contribution >= 0.6 is 0 Å². The molecule has 2 aromatic rings. The molecule has 0 aliphatic carbocycles. The number of aromatic nitrogens is 1. The van der Waals surface area contributed by atoms with E-state index in [9.17, 15) is 23.6 Å². The molecule has 1 aliphatic heterocycles. The van der Waals surface area contributed by atoms with Crippen molar-refractivity contribution in [2.45, 2.75) is 19.4 Å². The van der Waals surface area contributed by atoms with E-state index in [2.05, 4.69) is 4.99 Å². The zero-order chi connectivity index (χ0) is 22.1. The average molecular weight is 431 g/mol. The summed E-state index contributed by atoms with van der Waals surface area (Å²) in [6, 6.07) is 6.11. The molecule has 30 heavy (non-hydrogen) atoms. The molecule has 1 N–H and O–H groups in total. The molecule has 1 atom stereocenters. The van der Waals surface area contributed by atoms with Gasteiger partial charge in [0, 0.05) is 12.3 Å². The minimum Gasteiger partial charge on any atom is -0.497 e. The number of rotatable bonds is 5. The van der Waals surface area contributed by atoms with E-state index in [1.165, 1.54) is 27.4 Å². The van der Waals surface area contributed by atoms with E-state index >= 15 is 0 Å². The van der Waals surface area contributed by atoms with Crippen LogP contribution in [0.5, 0.6) is 17.4 Å². The number of aliphatic imine (C=N–C) groups is 1. The molecule has 0 amide bonds. The second kappa shape index (κ2) is 8.20. The van der Waals surface area contributed by atoms with E-state index in [-0.39, 0.29) is 34.6 Å². The average Bonchev–Trinajstić information content (AvgIpc) is 3.07. The van der Waals surface area contributed by atoms with Crippen molar-refractivity contribution in [3.05, 3.63) is 45.2 Å². The summed E-state index contributed by atoms with van der Waals surface area (Å²) in [7, 11) is -0.306. The summed E-state index contributed by atoms with van der Waals surface area (Å²) in [4.78, 5) is 17.1. The molecule has 1 aromatic carbocycles. The lowest BCUT2D eigenvalue weighted by atomic mass is 10.0. The fourth-order valence-corrected chi connectivity index (χ4v) is 5.14. The first kappa shape index (κ1) is 21.4. The maximum absolute atomic E-state index is 12.7. The first-order valence-corrected chi connectivity index (χ1v) is 10.9. The number of benzene rings is 1. The molecule has 0 unspecified atom stereocenters. The Morgan fingerprint density at radius 1 is 1.33 bits per heavy atom. The van der Waals surface area contributed by atoms with Gasteiger partial charge in [-0.1, -0.05) is 0 Å². The standard InChI is InChI=1S/C20H21N3O6S/c1-12-15(9-21)19(24)23(13-6-7-30(26,27)11-13)20(25)16(12)10-22-17-5-4-14(28-2)8-18(17)29-3/h4-5,8,10,13,25H,6-7,11H2,1-3H3/t13-/m0/s1. The number of methoxy groups -OCH3 is 2. The highest BCUT2D eigenvalue weighted by Gasteiger charge is 2.33. The van der Waals surface area contributed by atoms with Crippen LogP contribution in [0.25, 0.3) is 0 Å². The zero-order valence-electron chi connectivity index (χ0n) is 16.7. The second-order valence-corrected chi connectivity index (χ2v) is 9.11. The predicted octanol–water partition coefficient (Wildman–Crippen LogP) is 1.86. The molecule has 1 saturated heterocycles. The molecule has 9 nitrogen and oxygen atoms in total. The number of nitriles is 1. The minimum absolute atomic E-state index is 0.0776. The van der Waals surface area contributed by atoms with Crippen LogP contribution in [0.3, 0.4) is 0 Å². The Labute approximate surface area is 173 Å². The minimum atomic E-state index is -3.31. The summed E-state index contributed by atoms with van der Waals surface area (Å²) < 4.78 is 35.2. The summed E-state index contributed by atoms with van der Waals surface area (Å²) in [5.41, 5.74) is -0.0209. The van der Waals surface area contributed by atoms with Crippen molar-refractivity contribution in [3.8, 4) is 23.4 Å². The number of pyridine rings is 1. The van der Waals surface area contributed by atoms with E-state index in [1.54, 1.807) is 18.2 Å². The van der Waals surface area contributed by atoms with Crippen LogP contribution in [0.4, 0.5) is 5.69 Å². The number of hydrogen-bond acceptors (Lipinski definition) is 8. The van der Waals surface area contributed by atoms with E-state index < -0.39 is 27.3 Å². The monoisotopic (exact) mass is 431 g/mol. The number of ether oxygens (including phenoxy) is 2. The Morgan fingerprint density at radius 2 is 2.07 bits per heavy atom. The Kier molecular flexibility index (Phi) is 5.85. The fraction of sp³-hybridized carbons (Fsp3) is 0.350. The molecule has 1 aromatic heterocycles. The van der Waals surface area contributed by atoms with E-state index in [1.807, 2.05) is 6.07 Å². The Balaban J connectivity index is 2.14. The smallest absolute Gasteiger partial charge is 0.271 e. The Morgan fingerprint density at radius 3 is 2.63 bits per heavy atom. The summed E-state index contributed by atoms with van der Waals surface area (Å²) in [5, 5.41) is 20.3. The second-order valence-electron chi connectivity index (χ2n) is 6.88. The summed E-state index contributed by atoms with van der Waals surface area (Å²) in [5.74, 6) is 0.240. The summed E-state index contributed by atoms with van der Waals surface area (Å²) in [6.07, 6.45) is 1.52. The van der Waals surface area contributed by atoms with Crippen LogP contribution in [0.2, 0.25) is 0 Å². The first-order valence-electron chi connectivity index (χ1n) is 9.07. The molecule has 1 aliphatic rings. The van der Waals surface area contributed by atoms with Gasteiger partial charge < -0.3 is 14.6 Å². The van der Waals surface area contributed by atoms with Crippen LogP contribution in [0.1, 0.15) is 29.2 Å². The van der Waals surface area contributed by atoms with Crippen molar-refractivity contribution in [1.82, 2.24) is 4.57 Å². The van der Waals surface area contributed by atoms with Gasteiger partial charge in [-0.15, -0.1) is 0 Å². The highest BCUT2D eigenvalue weighted by Crippen LogP contribution is 2.33. The fourth-order valence-electron chi connectivity index (χ4n) is 3.44. The summed E-state index contributed by atoms with van der Waals surface area (Å²) in [6.45, 7) is 1.53. The van der Waals surface area contributed by atoms with Crippen LogP contribution in [0, 0.1) is 18.3 Å². The maximum atomic E-state index is 12.7. The molecule has 0 bridgehead atoms. The molecular formula is C20H21N3O6S. The van der Waals surface area contributed by atoms with E-state index in [4.69, 9.17) is 9.47 Å². The predicted molar refractivity (Wildman–Crippen MR) is 111 cm³/mol. The third kappa shape index (κ3) is 3.89. The van der Waals surface area contributed by atoms with Gasteiger partial charge in [0.25, 0.3) is 5.56 Å². The van der Waals surface area contributed by atoms with Crippen molar-refractivity contribution in [2.75, 3.05) is 25.7 Å². The maximum Gasteiger partial charge on any atom is 0.271 e. The van der Waals surface area contributed by atoms with Crippen molar-refractivity contribution >= 4 is 21.7 Å². The number of nitrogens with zero attached hydrogens (tertiary/aromatic N) is 3. The molecular weight excluding hydrogens is 410 g/mol. The van der Waals surface area contributed by atoms with Gasteiger partial charge in [-0.25, -0.2) is 8.42 Å². The van der Waals surface area contributed by atoms with Crippen LogP contribution in [-0.4, -0.2) is 50.0 Å².